The first kappa shape index (κ1) is 17.2. The maximum Gasteiger partial charge on any atom is 0.320 e. The highest BCUT2D eigenvalue weighted by atomic mass is 16.5. The van der Waals surface area contributed by atoms with Crippen molar-refractivity contribution < 1.29 is 19.0 Å². The first-order chi connectivity index (χ1) is 12.2. The molecule has 2 N–H and O–H groups in total. The molecular weight excluding hydrogens is 322 g/mol. The van der Waals surface area contributed by atoms with Gasteiger partial charge in [-0.15, -0.1) is 0 Å². The number of hydrogen-bond donors (Lipinski definition) is 2. The van der Waals surface area contributed by atoms with Crippen LogP contribution >= 0.6 is 0 Å². The van der Waals surface area contributed by atoms with Gasteiger partial charge in [0, 0.05) is 12.7 Å². The van der Waals surface area contributed by atoms with Crippen LogP contribution in [0.3, 0.4) is 0 Å². The normalized spacial score (nSPS) is 19.4. The number of nitrogens with one attached hydrogen (secondary N) is 2. The molecule has 3 rings (SSSR count). The van der Waals surface area contributed by atoms with E-state index in [2.05, 4.69) is 15.6 Å². The van der Waals surface area contributed by atoms with Gasteiger partial charge in [-0.1, -0.05) is 24.3 Å². The van der Waals surface area contributed by atoms with Crippen LogP contribution in [0.25, 0.3) is 0 Å². The van der Waals surface area contributed by atoms with Crippen LogP contribution in [0.2, 0.25) is 0 Å². The lowest BCUT2D eigenvalue weighted by molar-refractivity contribution is 0.0428. The summed E-state index contributed by atoms with van der Waals surface area (Å²) >= 11 is 0. The Morgan fingerprint density at radius 3 is 2.84 bits per heavy atom. The van der Waals surface area contributed by atoms with Crippen molar-refractivity contribution in [3.63, 3.8) is 0 Å². The second kappa shape index (κ2) is 8.46. The molecule has 2 atom stereocenters. The summed E-state index contributed by atoms with van der Waals surface area (Å²) < 4.78 is 16.6. The van der Waals surface area contributed by atoms with Crippen molar-refractivity contribution in [3.8, 4) is 11.6 Å². The van der Waals surface area contributed by atoms with E-state index in [1.165, 1.54) is 0 Å². The Morgan fingerprint density at radius 1 is 1.20 bits per heavy atom. The molecule has 1 aromatic heterocycles. The fourth-order valence-corrected chi connectivity index (χ4v) is 2.52. The minimum absolute atomic E-state index is 0.128. The van der Waals surface area contributed by atoms with Gasteiger partial charge in [0.25, 0.3) is 0 Å². The van der Waals surface area contributed by atoms with E-state index in [0.717, 1.165) is 0 Å². The minimum Gasteiger partial charge on any atom is -0.439 e. The number of rotatable bonds is 6. The summed E-state index contributed by atoms with van der Waals surface area (Å²) in [6.07, 6.45) is -0.128. The summed E-state index contributed by atoms with van der Waals surface area (Å²) in [5.74, 6) is 1.48. The molecule has 1 fully saturated rings. The Morgan fingerprint density at radius 2 is 2.04 bits per heavy atom. The zero-order valence-electron chi connectivity index (χ0n) is 14.0. The third kappa shape index (κ3) is 4.91. The number of ether oxygens (including phenoxy) is 3. The summed E-state index contributed by atoms with van der Waals surface area (Å²) in [4.78, 5) is 16.5. The number of para-hydroxylation sites is 1. The van der Waals surface area contributed by atoms with E-state index in [1.54, 1.807) is 18.2 Å². The van der Waals surface area contributed by atoms with Crippen molar-refractivity contribution in [2.75, 3.05) is 25.1 Å². The maximum absolute atomic E-state index is 12.2. The average molecular weight is 343 g/mol. The van der Waals surface area contributed by atoms with Crippen molar-refractivity contribution in [2.24, 2.45) is 0 Å². The number of anilines is 1. The van der Waals surface area contributed by atoms with Crippen molar-refractivity contribution >= 4 is 11.8 Å². The Kier molecular flexibility index (Phi) is 5.81. The number of urea groups is 1. The molecule has 0 radical (unpaired) electrons. The summed E-state index contributed by atoms with van der Waals surface area (Å²) in [6.45, 7) is 3.41. The fraction of sp³-hybridized carbons (Fsp3) is 0.333. The van der Waals surface area contributed by atoms with Crippen LogP contribution in [0, 0.1) is 0 Å². The first-order valence-corrected chi connectivity index (χ1v) is 8.21. The molecule has 0 bridgehead atoms. The zero-order chi connectivity index (χ0) is 17.5. The van der Waals surface area contributed by atoms with Gasteiger partial charge in [-0.3, -0.25) is 5.32 Å². The highest BCUT2D eigenvalue weighted by molar-refractivity contribution is 5.88. The van der Waals surface area contributed by atoms with Crippen molar-refractivity contribution in [1.82, 2.24) is 10.3 Å². The Hall–Kier alpha value is -2.64. The molecule has 0 saturated carbocycles. The monoisotopic (exact) mass is 343 g/mol. The summed E-state index contributed by atoms with van der Waals surface area (Å²) in [7, 11) is 0. The number of carbonyl (C=O) groups is 1. The van der Waals surface area contributed by atoms with Gasteiger partial charge < -0.3 is 19.5 Å². The zero-order valence-corrected chi connectivity index (χ0v) is 14.0. The lowest BCUT2D eigenvalue weighted by Gasteiger charge is -2.19. The number of pyridine rings is 1. The molecule has 0 spiro atoms. The van der Waals surface area contributed by atoms with Gasteiger partial charge in [-0.25, -0.2) is 4.79 Å². The van der Waals surface area contributed by atoms with E-state index < -0.39 is 0 Å². The average Bonchev–Trinajstić information content (AvgIpc) is 3.03. The van der Waals surface area contributed by atoms with E-state index in [9.17, 15) is 4.79 Å². The van der Waals surface area contributed by atoms with Gasteiger partial charge in [0.05, 0.1) is 19.3 Å². The lowest BCUT2D eigenvalue weighted by Crippen LogP contribution is -2.45. The van der Waals surface area contributed by atoms with E-state index in [0.29, 0.717) is 37.3 Å². The van der Waals surface area contributed by atoms with E-state index in [4.69, 9.17) is 14.2 Å². The minimum atomic E-state index is -0.357. The van der Waals surface area contributed by atoms with Crippen molar-refractivity contribution in [1.29, 1.82) is 0 Å². The molecule has 0 unspecified atom stereocenters. The fourth-order valence-electron chi connectivity index (χ4n) is 2.52. The molecule has 2 aromatic rings. The Labute approximate surface area is 146 Å². The number of carbonyl (C=O) groups excluding carboxylic acids is 1. The van der Waals surface area contributed by atoms with Crippen LogP contribution in [-0.4, -0.2) is 43.0 Å². The SMILES string of the molecule is CCO[C@@H]1COC[C@H]1NC(=O)Nc1cccc(Oc2ccccc2)n1. The Balaban J connectivity index is 1.57. The number of hydrogen-bond acceptors (Lipinski definition) is 5. The van der Waals surface area contributed by atoms with Crippen LogP contribution in [0.5, 0.6) is 11.6 Å². The largest absolute Gasteiger partial charge is 0.439 e. The van der Waals surface area contributed by atoms with Gasteiger partial charge in [0.2, 0.25) is 5.88 Å². The molecule has 25 heavy (non-hydrogen) atoms. The van der Waals surface area contributed by atoms with Gasteiger partial charge in [0.1, 0.15) is 17.7 Å². The first-order valence-electron chi connectivity index (χ1n) is 8.21. The van der Waals surface area contributed by atoms with Crippen LogP contribution in [0.1, 0.15) is 6.92 Å². The predicted octanol–water partition coefficient (Wildman–Crippen LogP) is 2.80. The number of nitrogens with zero attached hydrogens (tertiary/aromatic N) is 1. The summed E-state index contributed by atoms with van der Waals surface area (Å²) in [5.41, 5.74) is 0. The molecule has 1 saturated heterocycles. The quantitative estimate of drug-likeness (QED) is 0.843. The van der Waals surface area contributed by atoms with Crippen LogP contribution in [0.15, 0.2) is 48.5 Å². The molecule has 2 amide bonds. The third-order valence-corrected chi connectivity index (χ3v) is 3.66. The Bertz CT molecular complexity index is 696. The predicted molar refractivity (Wildman–Crippen MR) is 92.9 cm³/mol. The molecule has 7 nitrogen and oxygen atoms in total. The van der Waals surface area contributed by atoms with Crippen LogP contribution < -0.4 is 15.4 Å². The smallest absolute Gasteiger partial charge is 0.320 e. The van der Waals surface area contributed by atoms with Crippen LogP contribution in [0.4, 0.5) is 10.6 Å². The summed E-state index contributed by atoms with van der Waals surface area (Å²) in [5, 5.41) is 5.56. The molecular formula is C18H21N3O4. The topological polar surface area (TPSA) is 81.7 Å². The second-order valence-electron chi connectivity index (χ2n) is 5.51. The lowest BCUT2D eigenvalue weighted by atomic mass is 10.2. The number of amides is 2. The van der Waals surface area contributed by atoms with Gasteiger partial charge in [-0.05, 0) is 25.1 Å². The molecule has 1 aliphatic rings. The summed E-state index contributed by atoms with van der Waals surface area (Å²) in [6, 6.07) is 14.0. The molecule has 132 valence electrons. The van der Waals surface area contributed by atoms with Gasteiger partial charge in [-0.2, -0.15) is 4.98 Å². The standard InChI is InChI=1S/C18H21N3O4/c1-2-24-15-12-23-11-14(15)19-18(22)21-16-9-6-10-17(20-16)25-13-7-4-3-5-8-13/h3-10,14-15H,2,11-12H2,1H3,(H2,19,20,21,22)/t14-,15-/m1/s1. The molecule has 2 heterocycles. The van der Waals surface area contributed by atoms with Crippen molar-refractivity contribution in [3.05, 3.63) is 48.5 Å². The van der Waals surface area contributed by atoms with Crippen molar-refractivity contribution in [2.45, 2.75) is 19.1 Å². The van der Waals surface area contributed by atoms with Crippen LogP contribution in [-0.2, 0) is 9.47 Å². The maximum atomic E-state index is 12.2. The van der Waals surface area contributed by atoms with E-state index in [1.807, 2.05) is 37.3 Å². The number of aromatic nitrogens is 1. The molecule has 0 aliphatic carbocycles. The van der Waals surface area contributed by atoms with Gasteiger partial charge in [0.15, 0.2) is 0 Å². The second-order valence-corrected chi connectivity index (χ2v) is 5.51. The molecule has 7 heteroatoms. The molecule has 1 aromatic carbocycles. The number of benzene rings is 1. The highest BCUT2D eigenvalue weighted by Crippen LogP contribution is 2.20. The highest BCUT2D eigenvalue weighted by Gasteiger charge is 2.30. The third-order valence-electron chi connectivity index (χ3n) is 3.66. The van der Waals surface area contributed by atoms with E-state index >= 15 is 0 Å². The van der Waals surface area contributed by atoms with E-state index in [-0.39, 0.29) is 18.2 Å². The van der Waals surface area contributed by atoms with Gasteiger partial charge >= 0.3 is 6.03 Å². The molecule has 1 aliphatic heterocycles.